The number of alkyl halides is 2. The Labute approximate surface area is 191 Å². The van der Waals surface area contributed by atoms with Gasteiger partial charge in [0.05, 0.1) is 12.6 Å². The van der Waals surface area contributed by atoms with Crippen molar-refractivity contribution in [3.8, 4) is 0 Å². The van der Waals surface area contributed by atoms with Gasteiger partial charge < -0.3 is 14.5 Å². The lowest BCUT2D eigenvalue weighted by molar-refractivity contribution is -0.141. The molecule has 2 amide bonds. The maximum atomic E-state index is 13.4. The van der Waals surface area contributed by atoms with Crippen LogP contribution in [0.5, 0.6) is 0 Å². The SMILES string of the molecule is COCCCN(CC(=O)N1CCc2sccc2C1c1ccccc1C)C(=O)C(Cl)Cl. The summed E-state index contributed by atoms with van der Waals surface area (Å²) in [4.78, 5) is 29.3. The number of carbonyl (C=O) groups excluding carboxylic acids is 2. The summed E-state index contributed by atoms with van der Waals surface area (Å²) in [6, 6.07) is 10.1. The Balaban J connectivity index is 1.87. The molecule has 0 N–H and O–H groups in total. The van der Waals surface area contributed by atoms with Gasteiger partial charge in [-0.25, -0.2) is 0 Å². The van der Waals surface area contributed by atoms with Crippen LogP contribution >= 0.6 is 34.5 Å². The molecule has 2 heterocycles. The number of thiophene rings is 1. The first-order chi connectivity index (χ1) is 14.4. The Morgan fingerprint density at radius 3 is 2.73 bits per heavy atom. The first-order valence-electron chi connectivity index (χ1n) is 9.91. The van der Waals surface area contributed by atoms with Crippen molar-refractivity contribution in [2.45, 2.75) is 30.6 Å². The number of methoxy groups -OCH3 is 1. The molecule has 1 aromatic carbocycles. The maximum absolute atomic E-state index is 13.4. The van der Waals surface area contributed by atoms with E-state index in [4.69, 9.17) is 27.9 Å². The van der Waals surface area contributed by atoms with Gasteiger partial charge in [-0.15, -0.1) is 11.3 Å². The number of fused-ring (bicyclic) bond motifs is 1. The summed E-state index contributed by atoms with van der Waals surface area (Å²) in [5.74, 6) is -0.566. The second-order valence-electron chi connectivity index (χ2n) is 7.30. The van der Waals surface area contributed by atoms with E-state index >= 15 is 0 Å². The van der Waals surface area contributed by atoms with Gasteiger partial charge in [0.1, 0.15) is 0 Å². The average Bonchev–Trinajstić information content (AvgIpc) is 3.21. The first-order valence-corrected chi connectivity index (χ1v) is 11.7. The van der Waals surface area contributed by atoms with Crippen molar-refractivity contribution in [2.75, 3.05) is 33.4 Å². The number of aryl methyl sites for hydroxylation is 1. The predicted molar refractivity (Wildman–Crippen MR) is 121 cm³/mol. The molecule has 30 heavy (non-hydrogen) atoms. The number of carbonyl (C=O) groups is 2. The quantitative estimate of drug-likeness (QED) is 0.430. The number of halogens is 2. The molecule has 0 spiro atoms. The highest BCUT2D eigenvalue weighted by Gasteiger charge is 2.35. The van der Waals surface area contributed by atoms with E-state index in [0.717, 1.165) is 17.5 Å². The highest BCUT2D eigenvalue weighted by molar-refractivity contribution is 7.10. The molecule has 0 bridgehead atoms. The smallest absolute Gasteiger partial charge is 0.256 e. The number of benzene rings is 1. The number of amides is 2. The van der Waals surface area contributed by atoms with Crippen LogP contribution in [0.2, 0.25) is 0 Å². The number of nitrogens with zero attached hydrogens (tertiary/aromatic N) is 2. The molecule has 1 unspecified atom stereocenters. The molecular weight excluding hydrogens is 443 g/mol. The molecule has 3 rings (SSSR count). The Morgan fingerprint density at radius 1 is 1.27 bits per heavy atom. The van der Waals surface area contributed by atoms with Crippen LogP contribution in [0, 0.1) is 6.92 Å². The second kappa shape index (κ2) is 10.6. The number of rotatable bonds is 8. The van der Waals surface area contributed by atoms with Crippen LogP contribution in [0.1, 0.15) is 34.0 Å². The Morgan fingerprint density at radius 2 is 2.03 bits per heavy atom. The predicted octanol–water partition coefficient (Wildman–Crippen LogP) is 4.20. The Kier molecular flexibility index (Phi) is 8.17. The van der Waals surface area contributed by atoms with Crippen molar-refractivity contribution in [3.63, 3.8) is 0 Å². The summed E-state index contributed by atoms with van der Waals surface area (Å²) in [5, 5.41) is 2.08. The van der Waals surface area contributed by atoms with E-state index in [-0.39, 0.29) is 18.5 Å². The lowest BCUT2D eigenvalue weighted by Crippen LogP contribution is -2.48. The summed E-state index contributed by atoms with van der Waals surface area (Å²) >= 11 is 13.4. The summed E-state index contributed by atoms with van der Waals surface area (Å²) in [5.41, 5.74) is 3.41. The molecule has 0 fully saturated rings. The van der Waals surface area contributed by atoms with Crippen LogP contribution in [0.3, 0.4) is 0 Å². The molecule has 8 heteroatoms. The molecule has 0 radical (unpaired) electrons. The number of hydrogen-bond donors (Lipinski definition) is 0. The highest BCUT2D eigenvalue weighted by atomic mass is 35.5. The van der Waals surface area contributed by atoms with Gasteiger partial charge in [-0.3, -0.25) is 9.59 Å². The largest absolute Gasteiger partial charge is 0.385 e. The topological polar surface area (TPSA) is 49.9 Å². The average molecular weight is 469 g/mol. The highest BCUT2D eigenvalue weighted by Crippen LogP contribution is 2.39. The lowest BCUT2D eigenvalue weighted by atomic mass is 9.90. The zero-order valence-corrected chi connectivity index (χ0v) is 19.5. The van der Waals surface area contributed by atoms with Gasteiger partial charge in [0.2, 0.25) is 5.91 Å². The fourth-order valence-corrected chi connectivity index (χ4v) is 5.05. The molecule has 1 atom stereocenters. The van der Waals surface area contributed by atoms with Crippen LogP contribution < -0.4 is 0 Å². The summed E-state index contributed by atoms with van der Waals surface area (Å²) in [6.07, 6.45) is 1.41. The lowest BCUT2D eigenvalue weighted by Gasteiger charge is -2.38. The van der Waals surface area contributed by atoms with Crippen LogP contribution in [0.25, 0.3) is 0 Å². The zero-order valence-electron chi connectivity index (χ0n) is 17.1. The van der Waals surface area contributed by atoms with Gasteiger partial charge in [-0.1, -0.05) is 47.5 Å². The van der Waals surface area contributed by atoms with Crippen molar-refractivity contribution in [1.29, 1.82) is 0 Å². The third-order valence-electron chi connectivity index (χ3n) is 5.37. The van der Waals surface area contributed by atoms with Gasteiger partial charge in [-0.2, -0.15) is 0 Å². The summed E-state index contributed by atoms with van der Waals surface area (Å²) in [6.45, 7) is 3.46. The molecular formula is C22H26Cl2N2O3S. The van der Waals surface area contributed by atoms with E-state index in [1.165, 1.54) is 15.3 Å². The fraction of sp³-hybridized carbons (Fsp3) is 0.455. The van der Waals surface area contributed by atoms with Crippen LogP contribution in [0.15, 0.2) is 35.7 Å². The van der Waals surface area contributed by atoms with Crippen molar-refractivity contribution < 1.29 is 14.3 Å². The van der Waals surface area contributed by atoms with E-state index in [0.29, 0.717) is 26.1 Å². The standard InChI is InChI=1S/C22H26Cl2N2O3S/c1-15-6-3-4-7-16(15)20-17-9-13-30-18(17)8-11-26(20)19(27)14-25(10-5-12-29-2)22(28)21(23)24/h3-4,6-7,9,13,20-21H,5,8,10-12,14H2,1-2H3. The van der Waals surface area contributed by atoms with Gasteiger partial charge in [0, 0.05) is 31.7 Å². The number of hydrogen-bond acceptors (Lipinski definition) is 4. The molecule has 0 saturated heterocycles. The molecule has 0 aliphatic carbocycles. The van der Waals surface area contributed by atoms with Crippen LogP contribution in [-0.2, 0) is 20.7 Å². The minimum atomic E-state index is -1.20. The summed E-state index contributed by atoms with van der Waals surface area (Å²) in [7, 11) is 1.60. The number of ether oxygens (including phenoxy) is 1. The van der Waals surface area contributed by atoms with E-state index in [9.17, 15) is 9.59 Å². The molecule has 0 saturated carbocycles. The molecule has 2 aromatic rings. The minimum absolute atomic E-state index is 0.0552. The molecule has 5 nitrogen and oxygen atoms in total. The van der Waals surface area contributed by atoms with E-state index < -0.39 is 10.7 Å². The van der Waals surface area contributed by atoms with Crippen molar-refractivity contribution in [2.24, 2.45) is 0 Å². The normalized spacial score (nSPS) is 15.9. The maximum Gasteiger partial charge on any atom is 0.256 e. The van der Waals surface area contributed by atoms with E-state index in [1.54, 1.807) is 18.4 Å². The van der Waals surface area contributed by atoms with Gasteiger partial charge >= 0.3 is 0 Å². The summed E-state index contributed by atoms with van der Waals surface area (Å²) < 4.78 is 5.07. The van der Waals surface area contributed by atoms with E-state index in [1.807, 2.05) is 17.0 Å². The second-order valence-corrected chi connectivity index (χ2v) is 9.40. The third-order valence-corrected chi connectivity index (χ3v) is 6.74. The van der Waals surface area contributed by atoms with Crippen molar-refractivity contribution >= 4 is 46.4 Å². The molecule has 1 aromatic heterocycles. The monoisotopic (exact) mass is 468 g/mol. The van der Waals surface area contributed by atoms with Gasteiger partial charge in [0.15, 0.2) is 4.84 Å². The molecule has 1 aliphatic rings. The molecule has 162 valence electrons. The first kappa shape index (κ1) is 23.1. The Hall–Kier alpha value is -1.60. The van der Waals surface area contributed by atoms with Gasteiger partial charge in [-0.05, 0) is 47.9 Å². The Bertz CT molecular complexity index is 887. The zero-order chi connectivity index (χ0) is 21.7. The minimum Gasteiger partial charge on any atom is -0.385 e. The van der Waals surface area contributed by atoms with Crippen molar-refractivity contribution in [3.05, 3.63) is 57.3 Å². The van der Waals surface area contributed by atoms with E-state index in [2.05, 4.69) is 30.5 Å². The third kappa shape index (κ3) is 5.17. The van der Waals surface area contributed by atoms with Crippen molar-refractivity contribution in [1.82, 2.24) is 9.80 Å². The van der Waals surface area contributed by atoms with Crippen LogP contribution in [0.4, 0.5) is 0 Å². The van der Waals surface area contributed by atoms with Gasteiger partial charge in [0.25, 0.3) is 5.91 Å². The van der Waals surface area contributed by atoms with Crippen LogP contribution in [-0.4, -0.2) is 59.8 Å². The molecule has 1 aliphatic heterocycles. The fourth-order valence-electron chi connectivity index (χ4n) is 3.87.